The maximum absolute atomic E-state index is 13.3. The van der Waals surface area contributed by atoms with E-state index >= 15 is 0 Å². The first-order valence-electron chi connectivity index (χ1n) is 5.07. The average Bonchev–Trinajstić information content (AvgIpc) is 2.30. The van der Waals surface area contributed by atoms with E-state index in [1.807, 2.05) is 0 Å². The zero-order chi connectivity index (χ0) is 12.1. The minimum absolute atomic E-state index is 0.161. The third kappa shape index (κ3) is 3.03. The summed E-state index contributed by atoms with van der Waals surface area (Å²) in [6, 6.07) is 6.42. The van der Waals surface area contributed by atoms with Gasteiger partial charge in [-0.15, -0.1) is 0 Å². The molecule has 1 unspecified atom stereocenters. The largest absolute Gasteiger partial charge is 0.372 e. The van der Waals surface area contributed by atoms with E-state index in [-0.39, 0.29) is 18.3 Å². The van der Waals surface area contributed by atoms with E-state index in [2.05, 4.69) is 0 Å². The number of halogens is 1. The molecule has 1 aromatic rings. The van der Waals surface area contributed by atoms with Crippen LogP contribution in [0.5, 0.6) is 0 Å². The van der Waals surface area contributed by atoms with Crippen molar-refractivity contribution in [3.05, 3.63) is 35.6 Å². The molecule has 0 aliphatic rings. The number of rotatable bonds is 4. The van der Waals surface area contributed by atoms with Crippen molar-refractivity contribution in [2.45, 2.75) is 19.6 Å². The second-order valence-corrected chi connectivity index (χ2v) is 3.66. The van der Waals surface area contributed by atoms with Crippen LogP contribution in [0.1, 0.15) is 12.5 Å². The van der Waals surface area contributed by atoms with Crippen LogP contribution < -0.4 is 0 Å². The fraction of sp³-hybridized carbons (Fsp3) is 0.417. The monoisotopic (exact) mass is 225 g/mol. The molecule has 0 radical (unpaired) electrons. The van der Waals surface area contributed by atoms with Crippen molar-refractivity contribution in [2.75, 3.05) is 14.2 Å². The number of methoxy groups -OCH3 is 1. The number of benzene rings is 1. The van der Waals surface area contributed by atoms with E-state index < -0.39 is 6.10 Å². The minimum Gasteiger partial charge on any atom is -0.372 e. The summed E-state index contributed by atoms with van der Waals surface area (Å²) in [7, 11) is 3.10. The number of carbonyl (C=O) groups excluding carboxylic acids is 1. The van der Waals surface area contributed by atoms with Crippen LogP contribution >= 0.6 is 0 Å². The van der Waals surface area contributed by atoms with Crippen molar-refractivity contribution < 1.29 is 13.9 Å². The molecule has 1 amide bonds. The molecule has 0 saturated heterocycles. The number of hydrogen-bond acceptors (Lipinski definition) is 2. The van der Waals surface area contributed by atoms with Gasteiger partial charge in [-0.2, -0.15) is 0 Å². The molecular formula is C12H16FNO2. The maximum atomic E-state index is 13.3. The Bertz CT molecular complexity index is 368. The first-order chi connectivity index (χ1) is 7.56. The van der Waals surface area contributed by atoms with Crippen LogP contribution in [0.3, 0.4) is 0 Å². The summed E-state index contributed by atoms with van der Waals surface area (Å²) in [6.07, 6.45) is -0.503. The Hall–Kier alpha value is -1.42. The Morgan fingerprint density at radius 1 is 1.50 bits per heavy atom. The SMILES string of the molecule is COC(C)C(=O)N(C)Cc1ccccc1F. The second-order valence-electron chi connectivity index (χ2n) is 3.66. The number of carbonyl (C=O) groups is 1. The van der Waals surface area contributed by atoms with Crippen LogP contribution in [0.15, 0.2) is 24.3 Å². The van der Waals surface area contributed by atoms with Crippen LogP contribution in [-0.2, 0) is 16.1 Å². The molecule has 0 aliphatic heterocycles. The van der Waals surface area contributed by atoms with Crippen LogP contribution in [-0.4, -0.2) is 31.1 Å². The normalized spacial score (nSPS) is 12.2. The Morgan fingerprint density at radius 3 is 2.69 bits per heavy atom. The minimum atomic E-state index is -0.503. The van der Waals surface area contributed by atoms with Gasteiger partial charge in [-0.25, -0.2) is 4.39 Å². The van der Waals surface area contributed by atoms with Gasteiger partial charge in [0.25, 0.3) is 5.91 Å². The van der Waals surface area contributed by atoms with Crippen molar-refractivity contribution in [2.24, 2.45) is 0 Å². The Kier molecular flexibility index (Phi) is 4.43. The van der Waals surface area contributed by atoms with Gasteiger partial charge >= 0.3 is 0 Å². The second kappa shape index (κ2) is 5.61. The van der Waals surface area contributed by atoms with E-state index in [0.717, 1.165) is 0 Å². The molecule has 0 N–H and O–H groups in total. The summed E-state index contributed by atoms with van der Waals surface area (Å²) in [5, 5.41) is 0. The molecule has 0 bridgehead atoms. The molecule has 0 aromatic heterocycles. The highest BCUT2D eigenvalue weighted by Crippen LogP contribution is 2.09. The van der Waals surface area contributed by atoms with E-state index in [0.29, 0.717) is 5.56 Å². The van der Waals surface area contributed by atoms with Crippen molar-refractivity contribution in [1.82, 2.24) is 4.90 Å². The molecule has 16 heavy (non-hydrogen) atoms. The van der Waals surface area contributed by atoms with Gasteiger partial charge in [0.15, 0.2) is 0 Å². The summed E-state index contributed by atoms with van der Waals surface area (Å²) in [4.78, 5) is 13.1. The highest BCUT2D eigenvalue weighted by Gasteiger charge is 2.17. The summed E-state index contributed by atoms with van der Waals surface area (Å²) in [6.45, 7) is 1.92. The third-order valence-corrected chi connectivity index (χ3v) is 2.44. The maximum Gasteiger partial charge on any atom is 0.251 e. The summed E-state index contributed by atoms with van der Waals surface area (Å²) >= 11 is 0. The lowest BCUT2D eigenvalue weighted by Gasteiger charge is -2.20. The van der Waals surface area contributed by atoms with Crippen LogP contribution in [0, 0.1) is 5.82 Å². The molecule has 0 saturated carbocycles. The Labute approximate surface area is 94.8 Å². The van der Waals surface area contributed by atoms with Crippen molar-refractivity contribution in [3.63, 3.8) is 0 Å². The highest BCUT2D eigenvalue weighted by atomic mass is 19.1. The predicted molar refractivity (Wildman–Crippen MR) is 59.3 cm³/mol. The van der Waals surface area contributed by atoms with Crippen molar-refractivity contribution in [3.8, 4) is 0 Å². The molecular weight excluding hydrogens is 209 g/mol. The molecule has 0 fully saturated rings. The van der Waals surface area contributed by atoms with E-state index in [9.17, 15) is 9.18 Å². The van der Waals surface area contributed by atoms with Crippen molar-refractivity contribution in [1.29, 1.82) is 0 Å². The fourth-order valence-corrected chi connectivity index (χ4v) is 1.37. The molecule has 1 atom stereocenters. The number of likely N-dealkylation sites (N-methyl/N-ethyl adjacent to an activating group) is 1. The molecule has 3 nitrogen and oxygen atoms in total. The van der Waals surface area contributed by atoms with Crippen LogP contribution in [0.2, 0.25) is 0 Å². The van der Waals surface area contributed by atoms with Crippen LogP contribution in [0.25, 0.3) is 0 Å². The Morgan fingerprint density at radius 2 is 2.12 bits per heavy atom. The lowest BCUT2D eigenvalue weighted by molar-refractivity contribution is -0.140. The molecule has 0 spiro atoms. The first kappa shape index (κ1) is 12.6. The lowest BCUT2D eigenvalue weighted by Crippen LogP contribution is -2.35. The van der Waals surface area contributed by atoms with Gasteiger partial charge in [-0.3, -0.25) is 4.79 Å². The zero-order valence-corrected chi connectivity index (χ0v) is 9.74. The van der Waals surface area contributed by atoms with Gasteiger partial charge in [0.2, 0.25) is 0 Å². The molecule has 0 heterocycles. The van der Waals surface area contributed by atoms with Crippen molar-refractivity contribution >= 4 is 5.91 Å². The predicted octanol–water partition coefficient (Wildman–Crippen LogP) is 1.82. The topological polar surface area (TPSA) is 29.5 Å². The van der Waals surface area contributed by atoms with Gasteiger partial charge < -0.3 is 9.64 Å². The standard InChI is InChI=1S/C12H16FNO2/c1-9(16-3)12(15)14(2)8-10-6-4-5-7-11(10)13/h4-7,9H,8H2,1-3H3. The fourth-order valence-electron chi connectivity index (χ4n) is 1.37. The summed E-state index contributed by atoms with van der Waals surface area (Å²) in [5.74, 6) is -0.460. The Balaban J connectivity index is 2.68. The highest BCUT2D eigenvalue weighted by molar-refractivity contribution is 5.80. The molecule has 4 heteroatoms. The number of nitrogens with zero attached hydrogens (tertiary/aromatic N) is 1. The number of hydrogen-bond donors (Lipinski definition) is 0. The van der Waals surface area contributed by atoms with Gasteiger partial charge in [0.05, 0.1) is 0 Å². The quantitative estimate of drug-likeness (QED) is 0.782. The van der Waals surface area contributed by atoms with Gasteiger partial charge in [0, 0.05) is 26.3 Å². The first-order valence-corrected chi connectivity index (χ1v) is 5.07. The molecule has 88 valence electrons. The number of amides is 1. The van der Waals surface area contributed by atoms with E-state index in [1.165, 1.54) is 18.1 Å². The summed E-state index contributed by atoms with van der Waals surface area (Å²) < 4.78 is 18.2. The average molecular weight is 225 g/mol. The van der Waals surface area contributed by atoms with Crippen LogP contribution in [0.4, 0.5) is 4.39 Å². The summed E-state index contributed by atoms with van der Waals surface area (Å²) in [5.41, 5.74) is 0.502. The van der Waals surface area contributed by atoms with Gasteiger partial charge in [-0.1, -0.05) is 18.2 Å². The zero-order valence-electron chi connectivity index (χ0n) is 9.74. The van der Waals surface area contributed by atoms with E-state index in [4.69, 9.17) is 4.74 Å². The third-order valence-electron chi connectivity index (χ3n) is 2.44. The molecule has 0 aliphatic carbocycles. The molecule has 1 rings (SSSR count). The number of ether oxygens (including phenoxy) is 1. The smallest absolute Gasteiger partial charge is 0.251 e. The van der Waals surface area contributed by atoms with Gasteiger partial charge in [-0.05, 0) is 13.0 Å². The van der Waals surface area contributed by atoms with E-state index in [1.54, 1.807) is 32.2 Å². The lowest BCUT2D eigenvalue weighted by atomic mass is 10.2. The van der Waals surface area contributed by atoms with Gasteiger partial charge in [0.1, 0.15) is 11.9 Å². The molecule has 1 aromatic carbocycles.